The van der Waals surface area contributed by atoms with E-state index in [-0.39, 0.29) is 11.3 Å². The number of aromatic hydroxyl groups is 2. The fraction of sp³-hybridized carbons (Fsp3) is 0.400. The molecule has 2 unspecified atom stereocenters. The summed E-state index contributed by atoms with van der Waals surface area (Å²) >= 11 is 0. The van der Waals surface area contributed by atoms with Crippen LogP contribution in [-0.2, 0) is 10.8 Å². The summed E-state index contributed by atoms with van der Waals surface area (Å²) in [5, 5.41) is 19.8. The van der Waals surface area contributed by atoms with Crippen LogP contribution in [0.25, 0.3) is 0 Å². The molecule has 0 saturated heterocycles. The largest absolute Gasteiger partial charge is 0.505 e. The smallest absolute Gasteiger partial charge is 0.169 e. The van der Waals surface area contributed by atoms with Gasteiger partial charge in [0.15, 0.2) is 23.1 Å². The number of phenolic OH excluding ortho intramolecular Hbond substituents is 2. The highest BCUT2D eigenvalue weighted by molar-refractivity contribution is 5.61. The zero-order chi connectivity index (χ0) is 17.4. The summed E-state index contributed by atoms with van der Waals surface area (Å²) in [6.07, 6.45) is 1.12. The number of halogens is 2. The summed E-state index contributed by atoms with van der Waals surface area (Å²) in [5.41, 5.74) is 1.22. The van der Waals surface area contributed by atoms with Crippen molar-refractivity contribution in [1.82, 2.24) is 0 Å². The number of benzene rings is 2. The van der Waals surface area contributed by atoms with E-state index in [4.69, 9.17) is 0 Å². The molecule has 0 bridgehead atoms. The molecule has 24 heavy (non-hydrogen) atoms. The number of fused-ring (bicyclic) bond motifs is 4. The second kappa shape index (κ2) is 4.50. The molecule has 2 aliphatic carbocycles. The first-order chi connectivity index (χ1) is 11.2. The van der Waals surface area contributed by atoms with Gasteiger partial charge in [0.2, 0.25) is 0 Å². The van der Waals surface area contributed by atoms with E-state index >= 15 is 0 Å². The molecule has 1 spiro atoms. The van der Waals surface area contributed by atoms with Crippen LogP contribution in [0.15, 0.2) is 24.3 Å². The van der Waals surface area contributed by atoms with Gasteiger partial charge in [-0.2, -0.15) is 0 Å². The van der Waals surface area contributed by atoms with Crippen LogP contribution in [0.2, 0.25) is 0 Å². The van der Waals surface area contributed by atoms with Gasteiger partial charge in [0.1, 0.15) is 0 Å². The van der Waals surface area contributed by atoms with Crippen LogP contribution < -0.4 is 0 Å². The van der Waals surface area contributed by atoms with Crippen LogP contribution in [0.3, 0.4) is 0 Å². The van der Waals surface area contributed by atoms with Crippen LogP contribution in [0, 0.1) is 11.6 Å². The number of rotatable bonds is 0. The van der Waals surface area contributed by atoms with Crippen molar-refractivity contribution in [1.29, 1.82) is 0 Å². The third-order valence-corrected chi connectivity index (χ3v) is 5.89. The fourth-order valence-electron chi connectivity index (χ4n) is 5.13. The molecule has 0 saturated carbocycles. The van der Waals surface area contributed by atoms with Crippen LogP contribution in [0.4, 0.5) is 8.78 Å². The average Bonchev–Trinajstić information content (AvgIpc) is 2.90. The maximum absolute atomic E-state index is 15.0. The second-order valence-electron chi connectivity index (χ2n) is 7.93. The predicted octanol–water partition coefficient (Wildman–Crippen LogP) is 4.85. The van der Waals surface area contributed by atoms with Crippen molar-refractivity contribution in [3.8, 4) is 11.5 Å². The summed E-state index contributed by atoms with van der Waals surface area (Å²) in [5.74, 6) is -2.09. The van der Waals surface area contributed by atoms with Gasteiger partial charge in [0.25, 0.3) is 0 Å². The van der Waals surface area contributed by atoms with E-state index in [0.717, 1.165) is 11.1 Å². The van der Waals surface area contributed by atoms with Gasteiger partial charge in [-0.05, 0) is 47.4 Å². The van der Waals surface area contributed by atoms with E-state index < -0.39 is 28.5 Å². The quantitative estimate of drug-likeness (QED) is 0.725. The Kier molecular flexibility index (Phi) is 2.89. The molecule has 4 rings (SSSR count). The topological polar surface area (TPSA) is 40.5 Å². The van der Waals surface area contributed by atoms with Crippen LogP contribution in [-0.4, -0.2) is 10.2 Å². The number of hydrogen-bond acceptors (Lipinski definition) is 2. The maximum Gasteiger partial charge on any atom is 0.169 e. The molecule has 4 heteroatoms. The van der Waals surface area contributed by atoms with Crippen molar-refractivity contribution in [3.05, 3.63) is 58.2 Å². The minimum absolute atomic E-state index is 0.0543. The highest BCUT2D eigenvalue weighted by Crippen LogP contribution is 2.63. The Bertz CT molecular complexity index is 872. The van der Waals surface area contributed by atoms with Gasteiger partial charge >= 0.3 is 0 Å². The first kappa shape index (κ1) is 15.4. The minimum atomic E-state index is -0.848. The minimum Gasteiger partial charge on any atom is -0.505 e. The molecule has 2 nitrogen and oxygen atoms in total. The van der Waals surface area contributed by atoms with E-state index in [2.05, 4.69) is 0 Å². The highest BCUT2D eigenvalue weighted by atomic mass is 19.1. The molecule has 126 valence electrons. The van der Waals surface area contributed by atoms with Gasteiger partial charge in [-0.1, -0.05) is 32.9 Å². The Hall–Kier alpha value is -2.10. The molecule has 0 radical (unpaired) electrons. The summed E-state index contributed by atoms with van der Waals surface area (Å²) in [6, 6.07) is 6.21. The lowest BCUT2D eigenvalue weighted by Crippen LogP contribution is -2.26. The molecule has 0 aliphatic heterocycles. The molecule has 0 amide bonds. The van der Waals surface area contributed by atoms with Crippen LogP contribution in [0.5, 0.6) is 11.5 Å². The Labute approximate surface area is 139 Å². The van der Waals surface area contributed by atoms with E-state index in [1.807, 2.05) is 20.8 Å². The van der Waals surface area contributed by atoms with E-state index in [1.165, 1.54) is 12.1 Å². The van der Waals surface area contributed by atoms with Crippen LogP contribution in [0.1, 0.15) is 61.8 Å². The van der Waals surface area contributed by atoms with Gasteiger partial charge in [-0.3, -0.25) is 0 Å². The maximum atomic E-state index is 15.0. The lowest BCUT2D eigenvalue weighted by atomic mass is 9.73. The zero-order valence-electron chi connectivity index (χ0n) is 14.0. The lowest BCUT2D eigenvalue weighted by Gasteiger charge is -2.29. The molecule has 2 aromatic rings. The number of hydrogen-bond donors (Lipinski definition) is 2. The van der Waals surface area contributed by atoms with Crippen molar-refractivity contribution in [2.24, 2.45) is 0 Å². The number of phenols is 2. The van der Waals surface area contributed by atoms with Crippen molar-refractivity contribution < 1.29 is 19.0 Å². The fourth-order valence-corrected chi connectivity index (χ4v) is 5.13. The first-order valence-corrected chi connectivity index (χ1v) is 8.23. The van der Waals surface area contributed by atoms with Gasteiger partial charge in [0, 0.05) is 16.5 Å². The molecule has 2 N–H and O–H groups in total. The van der Waals surface area contributed by atoms with Gasteiger partial charge in [-0.15, -0.1) is 0 Å². The van der Waals surface area contributed by atoms with E-state index in [1.54, 1.807) is 12.1 Å². The van der Waals surface area contributed by atoms with Crippen molar-refractivity contribution in [2.75, 3.05) is 0 Å². The Morgan fingerprint density at radius 3 is 2.21 bits per heavy atom. The Balaban J connectivity index is 2.12. The first-order valence-electron chi connectivity index (χ1n) is 8.23. The molecular weight excluding hydrogens is 310 g/mol. The van der Waals surface area contributed by atoms with Crippen molar-refractivity contribution in [2.45, 2.75) is 50.4 Å². The summed E-state index contributed by atoms with van der Waals surface area (Å²) in [6.45, 7) is 6.02. The predicted molar refractivity (Wildman–Crippen MR) is 87.6 cm³/mol. The molecule has 0 fully saturated rings. The van der Waals surface area contributed by atoms with Crippen molar-refractivity contribution >= 4 is 0 Å². The van der Waals surface area contributed by atoms with Crippen molar-refractivity contribution in [3.63, 3.8) is 0 Å². The Morgan fingerprint density at radius 2 is 1.54 bits per heavy atom. The molecule has 2 aliphatic rings. The summed E-state index contributed by atoms with van der Waals surface area (Å²) < 4.78 is 29.9. The monoisotopic (exact) mass is 330 g/mol. The Morgan fingerprint density at radius 1 is 0.958 bits per heavy atom. The normalized spacial score (nSPS) is 26.6. The zero-order valence-corrected chi connectivity index (χ0v) is 14.0. The van der Waals surface area contributed by atoms with Crippen LogP contribution >= 0.6 is 0 Å². The summed E-state index contributed by atoms with van der Waals surface area (Å²) in [4.78, 5) is 0. The molecule has 0 heterocycles. The molecular formula is C20H20F2O2. The van der Waals surface area contributed by atoms with E-state index in [9.17, 15) is 19.0 Å². The van der Waals surface area contributed by atoms with Gasteiger partial charge in [0.05, 0.1) is 0 Å². The third kappa shape index (κ3) is 1.69. The standard InChI is InChI=1S/C20H20F2O2/c1-10-8-20(15-11(10)4-6-13(23)17(15)21)9-19(2,3)12-5-7-14(24)18(22)16(12)20/h4-7,10,23-24H,8-9H2,1-3H3. The van der Waals surface area contributed by atoms with Gasteiger partial charge in [-0.25, -0.2) is 8.78 Å². The third-order valence-electron chi connectivity index (χ3n) is 5.89. The second-order valence-corrected chi connectivity index (χ2v) is 7.93. The lowest BCUT2D eigenvalue weighted by molar-refractivity contribution is 0.360. The highest BCUT2D eigenvalue weighted by Gasteiger charge is 2.56. The molecule has 2 aromatic carbocycles. The SMILES string of the molecule is CC1CC2(CC(C)(C)c3ccc(O)c(F)c32)c2c1ccc(O)c2F. The molecule has 0 aromatic heterocycles. The van der Waals surface area contributed by atoms with Gasteiger partial charge < -0.3 is 10.2 Å². The average molecular weight is 330 g/mol. The van der Waals surface area contributed by atoms with E-state index in [0.29, 0.717) is 24.0 Å². The molecule has 2 atom stereocenters. The summed E-state index contributed by atoms with van der Waals surface area (Å²) in [7, 11) is 0.